The minimum absolute atomic E-state index is 0.0684. The minimum Gasteiger partial charge on any atom is -0.478 e. The van der Waals surface area contributed by atoms with Crippen LogP contribution in [-0.2, 0) is 19.1 Å². The molecule has 142 valence electrons. The molecule has 1 aliphatic heterocycles. The van der Waals surface area contributed by atoms with Gasteiger partial charge in [-0.15, -0.1) is 0 Å². The molecule has 0 saturated heterocycles. The smallest absolute Gasteiger partial charge is 0.329 e. The number of nitro benzene ring substituents is 1. The van der Waals surface area contributed by atoms with Crippen molar-refractivity contribution in [2.45, 2.75) is 32.9 Å². The average Bonchev–Trinajstić information content (AvgIpc) is 2.60. The molecule has 1 aromatic rings. The van der Waals surface area contributed by atoms with Crippen molar-refractivity contribution in [3.05, 3.63) is 28.3 Å². The van der Waals surface area contributed by atoms with E-state index < -0.39 is 28.9 Å². The summed E-state index contributed by atoms with van der Waals surface area (Å²) in [4.78, 5) is 36.9. The van der Waals surface area contributed by atoms with Crippen LogP contribution in [0.15, 0.2) is 18.2 Å². The van der Waals surface area contributed by atoms with E-state index in [0.29, 0.717) is 5.69 Å². The van der Waals surface area contributed by atoms with E-state index in [1.165, 1.54) is 30.2 Å². The monoisotopic (exact) mass is 366 g/mol. The molecule has 0 saturated carbocycles. The molecule has 2 atom stereocenters. The normalized spacial score (nSPS) is 17.5. The lowest BCUT2D eigenvalue weighted by Gasteiger charge is -2.38. The van der Waals surface area contributed by atoms with Gasteiger partial charge in [-0.25, -0.2) is 4.79 Å². The van der Waals surface area contributed by atoms with E-state index in [1.807, 2.05) is 0 Å². The number of methoxy groups -OCH3 is 1. The maximum atomic E-state index is 12.9. The Balaban J connectivity index is 2.38. The van der Waals surface area contributed by atoms with Crippen molar-refractivity contribution in [2.75, 3.05) is 25.2 Å². The molecule has 1 amide bonds. The largest absolute Gasteiger partial charge is 0.478 e. The first kappa shape index (κ1) is 19.6. The lowest BCUT2D eigenvalue weighted by atomic mass is 10.0. The molecule has 0 bridgehead atoms. The van der Waals surface area contributed by atoms with Gasteiger partial charge in [0.15, 0.2) is 11.9 Å². The molecule has 0 aromatic heterocycles. The van der Waals surface area contributed by atoms with E-state index in [4.69, 9.17) is 14.2 Å². The number of nitrogens with zero attached hydrogens (tertiary/aromatic N) is 2. The molecule has 0 fully saturated rings. The Bertz CT molecular complexity index is 704. The van der Waals surface area contributed by atoms with Gasteiger partial charge in [0.05, 0.1) is 23.3 Å². The number of rotatable bonds is 7. The van der Waals surface area contributed by atoms with Gasteiger partial charge >= 0.3 is 5.97 Å². The van der Waals surface area contributed by atoms with Crippen molar-refractivity contribution in [1.29, 1.82) is 0 Å². The summed E-state index contributed by atoms with van der Waals surface area (Å²) < 4.78 is 15.6. The summed E-state index contributed by atoms with van der Waals surface area (Å²) in [6.07, 6.45) is -0.848. The number of carbonyl (C=O) groups excluding carboxylic acids is 2. The third-order valence-electron chi connectivity index (χ3n) is 4.01. The number of carbonyl (C=O) groups is 2. The highest BCUT2D eigenvalue weighted by molar-refractivity contribution is 6.04. The lowest BCUT2D eigenvalue weighted by molar-refractivity contribution is -0.384. The van der Waals surface area contributed by atoms with Crippen LogP contribution in [0.5, 0.6) is 5.75 Å². The summed E-state index contributed by atoms with van der Waals surface area (Å²) in [5, 5.41) is 11.0. The summed E-state index contributed by atoms with van der Waals surface area (Å²) in [5.74, 6) is -0.982. The molecule has 0 N–H and O–H groups in total. The second-order valence-corrected chi connectivity index (χ2v) is 6.24. The molecule has 0 aliphatic carbocycles. The van der Waals surface area contributed by atoms with Crippen LogP contribution in [-0.4, -0.2) is 49.3 Å². The zero-order valence-electron chi connectivity index (χ0n) is 15.1. The fraction of sp³-hybridized carbons (Fsp3) is 0.529. The van der Waals surface area contributed by atoms with Crippen LogP contribution >= 0.6 is 0 Å². The van der Waals surface area contributed by atoms with Crippen molar-refractivity contribution < 1.29 is 28.7 Å². The molecular weight excluding hydrogens is 344 g/mol. The van der Waals surface area contributed by atoms with Gasteiger partial charge < -0.3 is 14.2 Å². The number of ether oxygens (including phenoxy) is 3. The fourth-order valence-electron chi connectivity index (χ4n) is 2.63. The van der Waals surface area contributed by atoms with Crippen molar-refractivity contribution in [1.82, 2.24) is 0 Å². The molecule has 9 heteroatoms. The van der Waals surface area contributed by atoms with Gasteiger partial charge in [-0.3, -0.25) is 19.8 Å². The van der Waals surface area contributed by atoms with Gasteiger partial charge in [-0.05, 0) is 18.9 Å². The summed E-state index contributed by atoms with van der Waals surface area (Å²) in [6, 6.07) is 3.01. The standard InChI is InChI=1S/C17H22N2O7/c1-10(2)15-16(20)18(11(3)17(21)25-8-7-24-4)13-6-5-12(19(22)23)9-14(13)26-15/h5-6,9-11,15H,7-8H2,1-4H3. The number of amides is 1. The molecule has 26 heavy (non-hydrogen) atoms. The van der Waals surface area contributed by atoms with Crippen LogP contribution in [0.4, 0.5) is 11.4 Å². The third kappa shape index (κ3) is 3.93. The highest BCUT2D eigenvalue weighted by Crippen LogP contribution is 2.39. The Hall–Kier alpha value is -2.68. The van der Waals surface area contributed by atoms with Crippen LogP contribution in [0.1, 0.15) is 20.8 Å². The molecular formula is C17H22N2O7. The summed E-state index contributed by atoms with van der Waals surface area (Å²) in [5.41, 5.74) is 0.143. The second-order valence-electron chi connectivity index (χ2n) is 6.24. The Morgan fingerprint density at radius 3 is 2.62 bits per heavy atom. The zero-order chi connectivity index (χ0) is 19.4. The first-order chi connectivity index (χ1) is 12.3. The lowest BCUT2D eigenvalue weighted by Crippen LogP contribution is -2.54. The van der Waals surface area contributed by atoms with Crippen molar-refractivity contribution in [3.8, 4) is 5.75 Å². The molecule has 2 unspecified atom stereocenters. The Labute approximate surface area is 151 Å². The van der Waals surface area contributed by atoms with E-state index in [2.05, 4.69) is 0 Å². The Morgan fingerprint density at radius 2 is 2.04 bits per heavy atom. The average molecular weight is 366 g/mol. The number of hydrogen-bond donors (Lipinski definition) is 0. The van der Waals surface area contributed by atoms with Crippen molar-refractivity contribution >= 4 is 23.3 Å². The number of anilines is 1. The van der Waals surface area contributed by atoms with Crippen molar-refractivity contribution in [2.24, 2.45) is 5.92 Å². The minimum atomic E-state index is -0.912. The third-order valence-corrected chi connectivity index (χ3v) is 4.01. The number of esters is 1. The van der Waals surface area contributed by atoms with Gasteiger partial charge in [0, 0.05) is 13.2 Å². The SMILES string of the molecule is COCCOC(=O)C(C)N1C(=O)C(C(C)C)Oc2cc([N+](=O)[O-])ccc21. The number of nitro groups is 1. The van der Waals surface area contributed by atoms with Crippen molar-refractivity contribution in [3.63, 3.8) is 0 Å². The quantitative estimate of drug-likeness (QED) is 0.314. The van der Waals surface area contributed by atoms with Crippen LogP contribution in [0.2, 0.25) is 0 Å². The van der Waals surface area contributed by atoms with Crippen LogP contribution in [0, 0.1) is 16.0 Å². The number of non-ortho nitro benzene ring substituents is 1. The number of hydrogen-bond acceptors (Lipinski definition) is 7. The molecule has 0 radical (unpaired) electrons. The van der Waals surface area contributed by atoms with Crippen LogP contribution < -0.4 is 9.64 Å². The van der Waals surface area contributed by atoms with Gasteiger partial charge in [-0.1, -0.05) is 13.8 Å². The zero-order valence-corrected chi connectivity index (χ0v) is 15.1. The van der Waals surface area contributed by atoms with E-state index in [0.717, 1.165) is 0 Å². The molecule has 1 heterocycles. The first-order valence-corrected chi connectivity index (χ1v) is 8.21. The van der Waals surface area contributed by atoms with E-state index in [1.54, 1.807) is 20.8 Å². The number of fused-ring (bicyclic) bond motifs is 1. The van der Waals surface area contributed by atoms with Gasteiger partial charge in [0.1, 0.15) is 12.6 Å². The fourth-order valence-corrected chi connectivity index (χ4v) is 2.63. The summed E-state index contributed by atoms with van der Waals surface area (Å²) >= 11 is 0. The Kier molecular flexibility index (Phi) is 6.14. The molecule has 1 aliphatic rings. The van der Waals surface area contributed by atoms with Gasteiger partial charge in [-0.2, -0.15) is 0 Å². The molecule has 1 aromatic carbocycles. The topological polar surface area (TPSA) is 108 Å². The van der Waals surface area contributed by atoms with Gasteiger partial charge in [0.2, 0.25) is 0 Å². The van der Waals surface area contributed by atoms with E-state index in [9.17, 15) is 19.7 Å². The molecule has 9 nitrogen and oxygen atoms in total. The summed E-state index contributed by atoms with van der Waals surface area (Å²) in [7, 11) is 1.49. The van der Waals surface area contributed by atoms with Crippen LogP contribution in [0.25, 0.3) is 0 Å². The maximum absolute atomic E-state index is 12.9. The maximum Gasteiger partial charge on any atom is 0.329 e. The van der Waals surface area contributed by atoms with E-state index in [-0.39, 0.29) is 30.6 Å². The summed E-state index contributed by atoms with van der Waals surface area (Å²) in [6.45, 7) is 5.45. The van der Waals surface area contributed by atoms with Crippen LogP contribution in [0.3, 0.4) is 0 Å². The highest BCUT2D eigenvalue weighted by atomic mass is 16.6. The molecule has 0 spiro atoms. The number of benzene rings is 1. The predicted molar refractivity (Wildman–Crippen MR) is 92.1 cm³/mol. The first-order valence-electron chi connectivity index (χ1n) is 8.21. The van der Waals surface area contributed by atoms with E-state index >= 15 is 0 Å². The predicted octanol–water partition coefficient (Wildman–Crippen LogP) is 1.92. The highest BCUT2D eigenvalue weighted by Gasteiger charge is 2.41. The Morgan fingerprint density at radius 1 is 1.35 bits per heavy atom. The second kappa shape index (κ2) is 8.13. The van der Waals surface area contributed by atoms with Gasteiger partial charge in [0.25, 0.3) is 11.6 Å². The molecule has 2 rings (SSSR count).